The van der Waals surface area contributed by atoms with Crippen molar-refractivity contribution in [3.8, 4) is 0 Å². The SMILES string of the molecule is CC(=O)OC/C=C/c1cc2ccccc2o1. The van der Waals surface area contributed by atoms with Gasteiger partial charge in [-0.1, -0.05) is 18.2 Å². The molecule has 2 rings (SSSR count). The van der Waals surface area contributed by atoms with Crippen LogP contribution in [0.25, 0.3) is 17.0 Å². The minimum absolute atomic E-state index is 0.270. The van der Waals surface area contributed by atoms with Gasteiger partial charge in [-0.2, -0.15) is 0 Å². The second-order valence-corrected chi connectivity index (χ2v) is 3.39. The van der Waals surface area contributed by atoms with E-state index in [1.165, 1.54) is 6.92 Å². The number of esters is 1. The van der Waals surface area contributed by atoms with E-state index >= 15 is 0 Å². The lowest BCUT2D eigenvalue weighted by atomic mass is 10.2. The largest absolute Gasteiger partial charge is 0.462 e. The Bertz CT molecular complexity index is 490. The fraction of sp³-hybridized carbons (Fsp3) is 0.154. The smallest absolute Gasteiger partial charge is 0.302 e. The van der Waals surface area contributed by atoms with Gasteiger partial charge in [0.2, 0.25) is 0 Å². The van der Waals surface area contributed by atoms with Crippen LogP contribution >= 0.6 is 0 Å². The van der Waals surface area contributed by atoms with Crippen LogP contribution in [0, 0.1) is 0 Å². The van der Waals surface area contributed by atoms with Crippen LogP contribution in [-0.2, 0) is 9.53 Å². The van der Waals surface area contributed by atoms with E-state index in [1.54, 1.807) is 12.2 Å². The van der Waals surface area contributed by atoms with Crippen LogP contribution < -0.4 is 0 Å². The van der Waals surface area contributed by atoms with Crippen LogP contribution in [0.3, 0.4) is 0 Å². The number of hydrogen-bond donors (Lipinski definition) is 0. The molecule has 0 fully saturated rings. The van der Waals surface area contributed by atoms with Crippen LogP contribution in [0.15, 0.2) is 40.8 Å². The number of fused-ring (bicyclic) bond motifs is 1. The molecule has 16 heavy (non-hydrogen) atoms. The van der Waals surface area contributed by atoms with Crippen molar-refractivity contribution in [3.05, 3.63) is 42.2 Å². The fourth-order valence-corrected chi connectivity index (χ4v) is 1.41. The molecule has 0 spiro atoms. The molecule has 1 heterocycles. The summed E-state index contributed by atoms with van der Waals surface area (Å²) >= 11 is 0. The zero-order valence-corrected chi connectivity index (χ0v) is 8.97. The number of para-hydroxylation sites is 1. The number of hydrogen-bond acceptors (Lipinski definition) is 3. The number of rotatable bonds is 3. The fourth-order valence-electron chi connectivity index (χ4n) is 1.41. The van der Waals surface area contributed by atoms with E-state index in [9.17, 15) is 4.79 Å². The van der Waals surface area contributed by atoms with Gasteiger partial charge in [-0.25, -0.2) is 0 Å². The zero-order valence-electron chi connectivity index (χ0n) is 8.97. The van der Waals surface area contributed by atoms with Crippen molar-refractivity contribution in [2.24, 2.45) is 0 Å². The highest BCUT2D eigenvalue weighted by Crippen LogP contribution is 2.19. The molecule has 0 aliphatic heterocycles. The van der Waals surface area contributed by atoms with Crippen LogP contribution in [0.1, 0.15) is 12.7 Å². The van der Waals surface area contributed by atoms with E-state index in [-0.39, 0.29) is 12.6 Å². The van der Waals surface area contributed by atoms with Gasteiger partial charge in [0.1, 0.15) is 18.0 Å². The molecule has 0 N–H and O–H groups in total. The molecule has 0 saturated heterocycles. The van der Waals surface area contributed by atoms with Crippen molar-refractivity contribution >= 4 is 23.0 Å². The number of ether oxygens (including phenoxy) is 1. The third-order valence-corrected chi connectivity index (χ3v) is 2.11. The molecular weight excluding hydrogens is 204 g/mol. The first-order valence-electron chi connectivity index (χ1n) is 5.04. The molecule has 0 amide bonds. The molecule has 82 valence electrons. The molecule has 0 bridgehead atoms. The summed E-state index contributed by atoms with van der Waals surface area (Å²) in [7, 11) is 0. The quantitative estimate of drug-likeness (QED) is 0.740. The molecule has 0 saturated carbocycles. The van der Waals surface area contributed by atoms with Gasteiger partial charge in [0.05, 0.1) is 0 Å². The zero-order chi connectivity index (χ0) is 11.4. The van der Waals surface area contributed by atoms with Crippen molar-refractivity contribution in [2.75, 3.05) is 6.61 Å². The van der Waals surface area contributed by atoms with E-state index < -0.39 is 0 Å². The Balaban J connectivity index is 2.06. The molecule has 0 aliphatic rings. The Labute approximate surface area is 93.3 Å². The normalized spacial score (nSPS) is 11.1. The highest BCUT2D eigenvalue weighted by Gasteiger charge is 1.98. The summed E-state index contributed by atoms with van der Waals surface area (Å²) in [6.45, 7) is 1.65. The third-order valence-electron chi connectivity index (χ3n) is 2.11. The van der Waals surface area contributed by atoms with Gasteiger partial charge in [-0.05, 0) is 24.3 Å². The molecule has 3 nitrogen and oxygen atoms in total. The molecule has 0 unspecified atom stereocenters. The van der Waals surface area contributed by atoms with E-state index in [0.29, 0.717) is 0 Å². The lowest BCUT2D eigenvalue weighted by Crippen LogP contribution is -1.96. The molecular formula is C13H12O3. The van der Waals surface area contributed by atoms with Gasteiger partial charge >= 0.3 is 5.97 Å². The topological polar surface area (TPSA) is 39.4 Å². The molecule has 0 atom stereocenters. The average Bonchev–Trinajstić information content (AvgIpc) is 2.66. The number of benzene rings is 1. The summed E-state index contributed by atoms with van der Waals surface area (Å²) in [5, 5.41) is 1.06. The summed E-state index contributed by atoms with van der Waals surface area (Å²) in [6.07, 6.45) is 3.54. The lowest BCUT2D eigenvalue weighted by molar-refractivity contribution is -0.139. The minimum Gasteiger partial charge on any atom is -0.462 e. The average molecular weight is 216 g/mol. The van der Waals surface area contributed by atoms with Crippen LogP contribution in [0.2, 0.25) is 0 Å². The Kier molecular flexibility index (Phi) is 3.05. The van der Waals surface area contributed by atoms with Gasteiger partial charge in [0.25, 0.3) is 0 Å². The summed E-state index contributed by atoms with van der Waals surface area (Å²) < 4.78 is 10.3. The molecule has 0 radical (unpaired) electrons. The summed E-state index contributed by atoms with van der Waals surface area (Å²) in [4.78, 5) is 10.5. The van der Waals surface area contributed by atoms with Gasteiger partial charge < -0.3 is 9.15 Å². The summed E-state index contributed by atoms with van der Waals surface area (Å²) in [6, 6.07) is 9.74. The van der Waals surface area contributed by atoms with Crippen molar-refractivity contribution in [1.82, 2.24) is 0 Å². The monoisotopic (exact) mass is 216 g/mol. The summed E-state index contributed by atoms with van der Waals surface area (Å²) in [5.74, 6) is 0.475. The van der Waals surface area contributed by atoms with Crippen molar-refractivity contribution in [2.45, 2.75) is 6.92 Å². The Morgan fingerprint density at radius 1 is 1.44 bits per heavy atom. The van der Waals surface area contributed by atoms with Gasteiger partial charge in [-0.3, -0.25) is 4.79 Å². The summed E-state index contributed by atoms with van der Waals surface area (Å²) in [5.41, 5.74) is 0.856. The molecule has 1 aromatic heterocycles. The number of furan rings is 1. The van der Waals surface area contributed by atoms with Gasteiger partial charge in [0, 0.05) is 12.3 Å². The maximum absolute atomic E-state index is 10.5. The van der Waals surface area contributed by atoms with E-state index in [2.05, 4.69) is 0 Å². The van der Waals surface area contributed by atoms with Crippen molar-refractivity contribution in [1.29, 1.82) is 0 Å². The van der Waals surface area contributed by atoms with Crippen molar-refractivity contribution < 1.29 is 13.9 Å². The Hall–Kier alpha value is -2.03. The first-order chi connectivity index (χ1) is 7.75. The number of carbonyl (C=O) groups is 1. The molecule has 3 heteroatoms. The predicted octanol–water partition coefficient (Wildman–Crippen LogP) is 3.01. The molecule has 2 aromatic rings. The standard InChI is InChI=1S/C13H12O3/c1-10(14)15-8-4-6-12-9-11-5-2-3-7-13(11)16-12/h2-7,9H,8H2,1H3/b6-4+. The molecule has 1 aromatic carbocycles. The van der Waals surface area contributed by atoms with Crippen LogP contribution in [-0.4, -0.2) is 12.6 Å². The first-order valence-corrected chi connectivity index (χ1v) is 5.04. The Morgan fingerprint density at radius 2 is 2.25 bits per heavy atom. The maximum Gasteiger partial charge on any atom is 0.302 e. The van der Waals surface area contributed by atoms with Crippen LogP contribution in [0.4, 0.5) is 0 Å². The highest BCUT2D eigenvalue weighted by molar-refractivity contribution is 5.79. The van der Waals surface area contributed by atoms with Gasteiger partial charge in [0.15, 0.2) is 0 Å². The van der Waals surface area contributed by atoms with E-state index in [4.69, 9.17) is 9.15 Å². The van der Waals surface area contributed by atoms with Crippen molar-refractivity contribution in [3.63, 3.8) is 0 Å². The minimum atomic E-state index is -0.283. The number of carbonyl (C=O) groups excluding carboxylic acids is 1. The predicted molar refractivity (Wildman–Crippen MR) is 61.9 cm³/mol. The third kappa shape index (κ3) is 2.51. The van der Waals surface area contributed by atoms with E-state index in [1.807, 2.05) is 30.3 Å². The maximum atomic E-state index is 10.5. The second-order valence-electron chi connectivity index (χ2n) is 3.39. The first kappa shape index (κ1) is 10.5. The lowest BCUT2D eigenvalue weighted by Gasteiger charge is -1.93. The highest BCUT2D eigenvalue weighted by atomic mass is 16.5. The Morgan fingerprint density at radius 3 is 3.00 bits per heavy atom. The van der Waals surface area contributed by atoms with Gasteiger partial charge in [-0.15, -0.1) is 0 Å². The molecule has 0 aliphatic carbocycles. The van der Waals surface area contributed by atoms with E-state index in [0.717, 1.165) is 16.7 Å². The van der Waals surface area contributed by atoms with Crippen LogP contribution in [0.5, 0.6) is 0 Å². The second kappa shape index (κ2) is 4.66.